The molecule has 1 fully saturated rings. The van der Waals surface area contributed by atoms with E-state index in [0.717, 1.165) is 23.8 Å². The Morgan fingerprint density at radius 3 is 2.81 bits per heavy atom. The van der Waals surface area contributed by atoms with E-state index in [-0.39, 0.29) is 0 Å². The van der Waals surface area contributed by atoms with E-state index in [0.29, 0.717) is 0 Å². The molecule has 16 heavy (non-hydrogen) atoms. The normalized spacial score (nSPS) is 22.6. The number of benzene rings is 1. The molecule has 0 spiro atoms. The second-order valence-electron chi connectivity index (χ2n) is 5.07. The first-order valence-corrected chi connectivity index (χ1v) is 6.13. The van der Waals surface area contributed by atoms with Crippen molar-refractivity contribution in [3.63, 3.8) is 0 Å². The number of ether oxygens (including phenoxy) is 2. The molecule has 0 saturated heterocycles. The molecule has 1 aliphatic carbocycles. The van der Waals surface area contributed by atoms with Crippen LogP contribution in [0.5, 0.6) is 11.5 Å². The van der Waals surface area contributed by atoms with Crippen molar-refractivity contribution in [1.82, 2.24) is 0 Å². The van der Waals surface area contributed by atoms with Gasteiger partial charge in [0, 0.05) is 13.3 Å². The first-order valence-electron chi connectivity index (χ1n) is 6.13. The molecule has 0 aromatic heterocycles. The monoisotopic (exact) mass is 217 g/mol. The SMILES string of the molecule is CC1(CC2CCCC2)Oc2c[c]ccc2O1. The number of fused-ring (bicyclic) bond motifs is 1. The van der Waals surface area contributed by atoms with E-state index in [2.05, 4.69) is 6.07 Å². The molecule has 1 aliphatic heterocycles. The molecular weight excluding hydrogens is 200 g/mol. The van der Waals surface area contributed by atoms with Crippen molar-refractivity contribution >= 4 is 0 Å². The van der Waals surface area contributed by atoms with Crippen LogP contribution in [-0.2, 0) is 0 Å². The topological polar surface area (TPSA) is 18.5 Å². The Labute approximate surface area is 96.6 Å². The highest BCUT2D eigenvalue weighted by molar-refractivity contribution is 5.42. The highest BCUT2D eigenvalue weighted by atomic mass is 16.7. The molecule has 0 N–H and O–H groups in total. The molecule has 0 amide bonds. The number of hydrogen-bond donors (Lipinski definition) is 0. The smallest absolute Gasteiger partial charge is 0.249 e. The molecular formula is C14H17O2. The zero-order valence-corrected chi connectivity index (χ0v) is 9.66. The minimum Gasteiger partial charge on any atom is -0.449 e. The third kappa shape index (κ3) is 1.77. The fraction of sp³-hybridized carbons (Fsp3) is 0.571. The van der Waals surface area contributed by atoms with E-state index in [4.69, 9.17) is 9.47 Å². The Balaban J connectivity index is 1.72. The Kier molecular flexibility index (Phi) is 2.31. The van der Waals surface area contributed by atoms with Gasteiger partial charge in [0.25, 0.3) is 0 Å². The van der Waals surface area contributed by atoms with Crippen molar-refractivity contribution in [2.45, 2.75) is 44.8 Å². The standard InChI is InChI=1S/C14H17O2/c1-14(10-11-6-2-3-7-11)15-12-8-4-5-9-13(12)16-14/h4,8-9,11H,2-3,6-7,10H2,1H3. The van der Waals surface area contributed by atoms with E-state index in [1.807, 2.05) is 25.1 Å². The van der Waals surface area contributed by atoms with Gasteiger partial charge in [-0.15, -0.1) is 0 Å². The minimum absolute atomic E-state index is 0.452. The van der Waals surface area contributed by atoms with E-state index in [1.54, 1.807) is 0 Å². The van der Waals surface area contributed by atoms with Crippen molar-refractivity contribution < 1.29 is 9.47 Å². The van der Waals surface area contributed by atoms with Gasteiger partial charge in [-0.2, -0.15) is 0 Å². The molecule has 0 bridgehead atoms. The van der Waals surface area contributed by atoms with Crippen LogP contribution in [0, 0.1) is 12.0 Å². The molecule has 1 saturated carbocycles. The molecule has 1 radical (unpaired) electrons. The van der Waals surface area contributed by atoms with Gasteiger partial charge in [-0.1, -0.05) is 31.7 Å². The molecule has 1 aromatic carbocycles. The summed E-state index contributed by atoms with van der Waals surface area (Å²) in [4.78, 5) is 0. The Morgan fingerprint density at radius 2 is 2.06 bits per heavy atom. The van der Waals surface area contributed by atoms with Gasteiger partial charge in [0.1, 0.15) is 0 Å². The van der Waals surface area contributed by atoms with Crippen LogP contribution in [0.15, 0.2) is 18.2 Å². The fourth-order valence-electron chi connectivity index (χ4n) is 2.87. The largest absolute Gasteiger partial charge is 0.449 e. The highest BCUT2D eigenvalue weighted by Crippen LogP contribution is 2.43. The first-order chi connectivity index (χ1) is 7.75. The van der Waals surface area contributed by atoms with Crippen LogP contribution in [0.25, 0.3) is 0 Å². The zero-order chi connectivity index (χ0) is 11.0. The summed E-state index contributed by atoms with van der Waals surface area (Å²) in [6.07, 6.45) is 6.38. The van der Waals surface area contributed by atoms with Gasteiger partial charge in [-0.25, -0.2) is 0 Å². The van der Waals surface area contributed by atoms with Crippen molar-refractivity contribution in [3.05, 3.63) is 24.3 Å². The van der Waals surface area contributed by atoms with Gasteiger partial charge in [0.2, 0.25) is 5.79 Å². The molecule has 1 aromatic rings. The van der Waals surface area contributed by atoms with Crippen LogP contribution in [0.3, 0.4) is 0 Å². The molecule has 2 nitrogen and oxygen atoms in total. The maximum atomic E-state index is 5.91. The van der Waals surface area contributed by atoms with Crippen LogP contribution < -0.4 is 9.47 Å². The third-order valence-corrected chi connectivity index (χ3v) is 3.57. The number of hydrogen-bond acceptors (Lipinski definition) is 2. The molecule has 1 atom stereocenters. The Morgan fingerprint density at radius 1 is 1.31 bits per heavy atom. The quantitative estimate of drug-likeness (QED) is 0.754. The van der Waals surface area contributed by atoms with E-state index >= 15 is 0 Å². The maximum Gasteiger partial charge on any atom is 0.249 e. The molecule has 3 rings (SSSR count). The highest BCUT2D eigenvalue weighted by Gasteiger charge is 2.39. The first kappa shape index (κ1) is 10.0. The maximum absolute atomic E-state index is 5.91. The van der Waals surface area contributed by atoms with Gasteiger partial charge in [0.15, 0.2) is 11.5 Å². The minimum atomic E-state index is -0.452. The summed E-state index contributed by atoms with van der Waals surface area (Å²) < 4.78 is 11.8. The van der Waals surface area contributed by atoms with Crippen molar-refractivity contribution in [2.24, 2.45) is 5.92 Å². The summed E-state index contributed by atoms with van der Waals surface area (Å²) in [6.45, 7) is 2.05. The average molecular weight is 217 g/mol. The average Bonchev–Trinajstić information content (AvgIpc) is 2.83. The van der Waals surface area contributed by atoms with Crippen molar-refractivity contribution in [3.8, 4) is 11.5 Å². The molecule has 2 heteroatoms. The second-order valence-corrected chi connectivity index (χ2v) is 5.07. The van der Waals surface area contributed by atoms with Crippen LogP contribution in [0.1, 0.15) is 39.0 Å². The predicted octanol–water partition coefficient (Wildman–Crippen LogP) is 3.55. The molecule has 2 aliphatic rings. The van der Waals surface area contributed by atoms with Crippen molar-refractivity contribution in [1.29, 1.82) is 0 Å². The molecule has 1 heterocycles. The summed E-state index contributed by atoms with van der Waals surface area (Å²) in [5, 5.41) is 0. The lowest BCUT2D eigenvalue weighted by Gasteiger charge is -2.26. The molecule has 1 unspecified atom stereocenters. The lowest BCUT2D eigenvalue weighted by molar-refractivity contribution is -0.0790. The lowest BCUT2D eigenvalue weighted by Crippen LogP contribution is -2.36. The number of rotatable bonds is 2. The summed E-state index contributed by atoms with van der Waals surface area (Å²) in [5.41, 5.74) is 0. The lowest BCUT2D eigenvalue weighted by atomic mass is 9.98. The van der Waals surface area contributed by atoms with E-state index in [1.165, 1.54) is 25.7 Å². The van der Waals surface area contributed by atoms with Gasteiger partial charge in [0.05, 0.1) is 0 Å². The predicted molar refractivity (Wildman–Crippen MR) is 61.5 cm³/mol. The summed E-state index contributed by atoms with van der Waals surface area (Å²) >= 11 is 0. The second kappa shape index (κ2) is 3.69. The van der Waals surface area contributed by atoms with Crippen LogP contribution in [0.2, 0.25) is 0 Å². The Bertz CT molecular complexity index is 355. The Hall–Kier alpha value is -1.18. The van der Waals surface area contributed by atoms with Gasteiger partial charge >= 0.3 is 0 Å². The van der Waals surface area contributed by atoms with Gasteiger partial charge in [-0.3, -0.25) is 0 Å². The van der Waals surface area contributed by atoms with Crippen LogP contribution in [0.4, 0.5) is 0 Å². The fourth-order valence-corrected chi connectivity index (χ4v) is 2.87. The summed E-state index contributed by atoms with van der Waals surface area (Å²) in [6, 6.07) is 8.67. The van der Waals surface area contributed by atoms with Crippen LogP contribution >= 0.6 is 0 Å². The van der Waals surface area contributed by atoms with Gasteiger partial charge < -0.3 is 9.47 Å². The van der Waals surface area contributed by atoms with E-state index in [9.17, 15) is 0 Å². The van der Waals surface area contributed by atoms with Gasteiger partial charge in [-0.05, 0) is 24.1 Å². The van der Waals surface area contributed by atoms with Crippen molar-refractivity contribution in [2.75, 3.05) is 0 Å². The summed E-state index contributed by atoms with van der Waals surface area (Å²) in [7, 11) is 0. The van der Waals surface area contributed by atoms with E-state index < -0.39 is 5.79 Å². The third-order valence-electron chi connectivity index (χ3n) is 3.57. The molecule has 85 valence electrons. The summed E-state index contributed by atoms with van der Waals surface area (Å²) in [5.74, 6) is 2.01. The van der Waals surface area contributed by atoms with Crippen LogP contribution in [-0.4, -0.2) is 5.79 Å². The zero-order valence-electron chi connectivity index (χ0n) is 9.66.